The van der Waals surface area contributed by atoms with Gasteiger partial charge in [0.25, 0.3) is 5.91 Å². The van der Waals surface area contributed by atoms with Crippen molar-refractivity contribution in [3.8, 4) is 22.6 Å². The molecule has 0 aliphatic carbocycles. The minimum atomic E-state index is -0.539. The first-order chi connectivity index (χ1) is 14.5. The summed E-state index contributed by atoms with van der Waals surface area (Å²) in [6.45, 7) is 5.14. The zero-order chi connectivity index (χ0) is 20.9. The standard InChI is InChI=1S/C23H19NO3S3/c1-23(2)21-20(22(28)30-29-21)15-12-17-18(27-11-10-26-17)13-16(15)24(23)19(25)9-8-14-6-4-3-5-7-14/h3-9,12-13H,10-11H2,1-2H3. The van der Waals surface area contributed by atoms with Gasteiger partial charge in [-0.3, -0.25) is 9.69 Å². The fraction of sp³-hybridized carbons (Fsp3) is 0.217. The SMILES string of the molecule is CC1(C)c2ssc(=S)c2-c2cc3c(cc2N1C(=O)C=Cc1ccccc1)OCCO3. The molecule has 2 aliphatic heterocycles. The summed E-state index contributed by atoms with van der Waals surface area (Å²) in [5.74, 6) is 1.27. The van der Waals surface area contributed by atoms with Gasteiger partial charge in [0, 0.05) is 23.3 Å². The predicted octanol–water partition coefficient (Wildman–Crippen LogP) is 6.27. The summed E-state index contributed by atoms with van der Waals surface area (Å²) < 4.78 is 12.5. The number of benzene rings is 2. The van der Waals surface area contributed by atoms with E-state index in [4.69, 9.17) is 21.7 Å². The molecule has 0 unspecified atom stereocenters. The summed E-state index contributed by atoms with van der Waals surface area (Å²) in [6.07, 6.45) is 3.48. The van der Waals surface area contributed by atoms with Gasteiger partial charge in [-0.15, -0.1) is 0 Å². The average Bonchev–Trinajstić information content (AvgIpc) is 3.14. The van der Waals surface area contributed by atoms with Gasteiger partial charge in [-0.05, 0) is 31.6 Å². The normalized spacial score (nSPS) is 16.3. The van der Waals surface area contributed by atoms with Crippen molar-refractivity contribution < 1.29 is 14.3 Å². The highest BCUT2D eigenvalue weighted by atomic mass is 32.9. The number of fused-ring (bicyclic) bond motifs is 4. The Morgan fingerprint density at radius 1 is 1.10 bits per heavy atom. The maximum absolute atomic E-state index is 13.5. The highest BCUT2D eigenvalue weighted by molar-refractivity contribution is 7.80. The Morgan fingerprint density at radius 2 is 1.80 bits per heavy atom. The molecule has 0 atom stereocenters. The monoisotopic (exact) mass is 453 g/mol. The molecule has 0 fully saturated rings. The van der Waals surface area contributed by atoms with Gasteiger partial charge in [0.15, 0.2) is 11.5 Å². The molecule has 3 aromatic rings. The van der Waals surface area contributed by atoms with E-state index in [2.05, 4.69) is 13.8 Å². The minimum Gasteiger partial charge on any atom is -0.486 e. The number of carbonyl (C=O) groups excluding carboxylic acids is 1. The molecule has 3 heterocycles. The number of hydrogen-bond donors (Lipinski definition) is 0. The average molecular weight is 454 g/mol. The number of amides is 1. The highest BCUT2D eigenvalue weighted by Gasteiger charge is 2.43. The van der Waals surface area contributed by atoms with Crippen LogP contribution in [0.25, 0.3) is 17.2 Å². The second-order valence-electron chi connectivity index (χ2n) is 7.65. The van der Waals surface area contributed by atoms with Crippen LogP contribution in [0.3, 0.4) is 0 Å². The second kappa shape index (κ2) is 7.34. The lowest BCUT2D eigenvalue weighted by Gasteiger charge is -2.42. The van der Waals surface area contributed by atoms with Crippen molar-refractivity contribution in [1.29, 1.82) is 0 Å². The highest BCUT2D eigenvalue weighted by Crippen LogP contribution is 2.54. The molecule has 0 saturated heterocycles. The van der Waals surface area contributed by atoms with E-state index in [1.807, 2.05) is 53.4 Å². The van der Waals surface area contributed by atoms with Crippen molar-refractivity contribution in [1.82, 2.24) is 0 Å². The quantitative estimate of drug-likeness (QED) is 0.260. The first-order valence-electron chi connectivity index (χ1n) is 9.62. The van der Waals surface area contributed by atoms with Crippen LogP contribution in [-0.2, 0) is 10.3 Å². The molecule has 2 aromatic carbocycles. The molecule has 0 radical (unpaired) electrons. The fourth-order valence-electron chi connectivity index (χ4n) is 3.96. The first kappa shape index (κ1) is 19.5. The van der Waals surface area contributed by atoms with Crippen LogP contribution >= 0.6 is 32.9 Å². The van der Waals surface area contributed by atoms with Gasteiger partial charge in [0.2, 0.25) is 0 Å². The molecule has 0 spiro atoms. The van der Waals surface area contributed by atoms with E-state index in [0.29, 0.717) is 24.7 Å². The summed E-state index contributed by atoms with van der Waals surface area (Å²) in [5.41, 5.74) is 3.21. The Labute approximate surface area is 187 Å². The Balaban J connectivity index is 1.67. The van der Waals surface area contributed by atoms with Crippen LogP contribution in [0.5, 0.6) is 11.5 Å². The lowest BCUT2D eigenvalue weighted by molar-refractivity contribution is -0.115. The van der Waals surface area contributed by atoms with E-state index in [9.17, 15) is 4.79 Å². The largest absolute Gasteiger partial charge is 0.486 e. The zero-order valence-corrected chi connectivity index (χ0v) is 19.0. The number of hydrogen-bond acceptors (Lipinski definition) is 6. The topological polar surface area (TPSA) is 38.8 Å². The van der Waals surface area contributed by atoms with Crippen molar-refractivity contribution in [3.05, 3.63) is 62.8 Å². The van der Waals surface area contributed by atoms with E-state index in [1.54, 1.807) is 26.8 Å². The lowest BCUT2D eigenvalue weighted by atomic mass is 9.87. The Morgan fingerprint density at radius 3 is 2.53 bits per heavy atom. The minimum absolute atomic E-state index is 0.0863. The lowest BCUT2D eigenvalue weighted by Crippen LogP contribution is -2.47. The smallest absolute Gasteiger partial charge is 0.251 e. The summed E-state index contributed by atoms with van der Waals surface area (Å²) in [5, 5.41) is 0. The van der Waals surface area contributed by atoms with Crippen molar-refractivity contribution in [2.24, 2.45) is 0 Å². The van der Waals surface area contributed by atoms with Gasteiger partial charge in [-0.1, -0.05) is 63.2 Å². The third kappa shape index (κ3) is 3.09. The zero-order valence-electron chi connectivity index (χ0n) is 16.5. The molecular weight excluding hydrogens is 434 g/mol. The number of nitrogens with zero attached hydrogens (tertiary/aromatic N) is 1. The van der Waals surface area contributed by atoms with E-state index in [1.165, 1.54) is 0 Å². The van der Waals surface area contributed by atoms with Gasteiger partial charge in [-0.25, -0.2) is 0 Å². The maximum Gasteiger partial charge on any atom is 0.251 e. The maximum atomic E-state index is 13.5. The van der Waals surface area contributed by atoms with Crippen molar-refractivity contribution in [2.45, 2.75) is 19.4 Å². The van der Waals surface area contributed by atoms with E-state index >= 15 is 0 Å². The van der Waals surface area contributed by atoms with Crippen LogP contribution in [0.15, 0.2) is 48.5 Å². The number of rotatable bonds is 2. The molecule has 2 aliphatic rings. The van der Waals surface area contributed by atoms with Gasteiger partial charge in [0.05, 0.1) is 16.1 Å². The molecule has 30 heavy (non-hydrogen) atoms. The Bertz CT molecular complexity index is 1220. The van der Waals surface area contributed by atoms with E-state index < -0.39 is 5.54 Å². The van der Waals surface area contributed by atoms with Crippen LogP contribution in [-0.4, -0.2) is 19.1 Å². The molecule has 4 nitrogen and oxygen atoms in total. The molecular formula is C23H19NO3S3. The summed E-state index contributed by atoms with van der Waals surface area (Å²) >= 11 is 5.66. The molecule has 1 amide bonds. The molecule has 0 N–H and O–H groups in total. The van der Waals surface area contributed by atoms with Crippen LogP contribution in [0.4, 0.5) is 5.69 Å². The second-order valence-corrected chi connectivity index (χ2v) is 10.5. The van der Waals surface area contributed by atoms with E-state index in [0.717, 1.165) is 31.1 Å². The summed E-state index contributed by atoms with van der Waals surface area (Å²) in [4.78, 5) is 16.4. The molecule has 0 saturated carbocycles. The van der Waals surface area contributed by atoms with Crippen molar-refractivity contribution >= 4 is 50.6 Å². The van der Waals surface area contributed by atoms with Crippen molar-refractivity contribution in [3.63, 3.8) is 0 Å². The van der Waals surface area contributed by atoms with Gasteiger partial charge < -0.3 is 9.47 Å². The van der Waals surface area contributed by atoms with Gasteiger partial charge in [0.1, 0.15) is 17.0 Å². The van der Waals surface area contributed by atoms with Gasteiger partial charge in [-0.2, -0.15) is 0 Å². The molecule has 5 rings (SSSR count). The van der Waals surface area contributed by atoms with Crippen LogP contribution in [0.2, 0.25) is 0 Å². The fourth-order valence-corrected chi connectivity index (χ4v) is 7.24. The van der Waals surface area contributed by atoms with Crippen LogP contribution in [0, 0.1) is 3.82 Å². The van der Waals surface area contributed by atoms with Crippen LogP contribution in [0.1, 0.15) is 24.3 Å². The number of anilines is 1. The molecule has 0 bridgehead atoms. The third-order valence-electron chi connectivity index (χ3n) is 5.36. The molecule has 1 aromatic heterocycles. The summed E-state index contributed by atoms with van der Waals surface area (Å²) in [7, 11) is 3.22. The van der Waals surface area contributed by atoms with E-state index in [-0.39, 0.29) is 5.91 Å². The number of ether oxygens (including phenoxy) is 2. The Hall–Kier alpha value is -2.48. The predicted molar refractivity (Wildman–Crippen MR) is 125 cm³/mol. The van der Waals surface area contributed by atoms with Gasteiger partial charge >= 0.3 is 0 Å². The summed E-state index contributed by atoms with van der Waals surface area (Å²) in [6, 6.07) is 13.7. The molecule has 152 valence electrons. The first-order valence-corrected chi connectivity index (χ1v) is 12.2. The van der Waals surface area contributed by atoms with Crippen molar-refractivity contribution in [2.75, 3.05) is 18.1 Å². The number of carbonyl (C=O) groups is 1. The Kier molecular flexibility index (Phi) is 4.76. The molecule has 7 heteroatoms. The van der Waals surface area contributed by atoms with Crippen LogP contribution < -0.4 is 14.4 Å². The third-order valence-corrected chi connectivity index (χ3v) is 8.69.